The van der Waals surface area contributed by atoms with Gasteiger partial charge in [0.25, 0.3) is 0 Å². The fourth-order valence-corrected chi connectivity index (χ4v) is 2.07. The van der Waals surface area contributed by atoms with Crippen LogP contribution in [0, 0.1) is 24.0 Å². The van der Waals surface area contributed by atoms with Crippen molar-refractivity contribution in [3.8, 4) is 11.5 Å². The lowest BCUT2D eigenvalue weighted by Gasteiger charge is -2.10. The Balaban J connectivity index is 2.34. The third-order valence-electron chi connectivity index (χ3n) is 3.21. The van der Waals surface area contributed by atoms with E-state index in [9.17, 15) is 14.9 Å². The molecule has 2 aromatic rings. The quantitative estimate of drug-likeness (QED) is 0.374. The molecule has 0 saturated heterocycles. The molecule has 0 aromatic heterocycles. The van der Waals surface area contributed by atoms with Gasteiger partial charge in [-0.05, 0) is 37.1 Å². The smallest absolute Gasteiger partial charge is 0.343 e. The summed E-state index contributed by atoms with van der Waals surface area (Å²) in [5, 5.41) is 11.0. The molecule has 6 heteroatoms. The fraction of sp³-hybridized carbons (Fsp3) is 0.188. The van der Waals surface area contributed by atoms with E-state index in [1.54, 1.807) is 0 Å². The molecule has 6 nitrogen and oxygen atoms in total. The Morgan fingerprint density at radius 2 is 1.77 bits per heavy atom. The number of para-hydroxylation sites is 1. The van der Waals surface area contributed by atoms with Crippen LogP contribution in [0.3, 0.4) is 0 Å². The minimum Gasteiger partial charge on any atom is -0.490 e. The van der Waals surface area contributed by atoms with Gasteiger partial charge in [0, 0.05) is 6.07 Å². The molecule has 0 amide bonds. The maximum Gasteiger partial charge on any atom is 0.343 e. The number of carbonyl (C=O) groups excluding carboxylic acids is 1. The Bertz CT molecular complexity index is 719. The van der Waals surface area contributed by atoms with Crippen LogP contribution < -0.4 is 9.47 Å². The highest BCUT2D eigenvalue weighted by atomic mass is 16.6. The number of nitro benzene ring substituents is 1. The summed E-state index contributed by atoms with van der Waals surface area (Å²) in [4.78, 5) is 22.6. The highest BCUT2D eigenvalue weighted by molar-refractivity contribution is 5.92. The van der Waals surface area contributed by atoms with Crippen molar-refractivity contribution < 1.29 is 19.2 Å². The highest BCUT2D eigenvalue weighted by Gasteiger charge is 2.20. The molecule has 0 unspecified atom stereocenters. The van der Waals surface area contributed by atoms with Gasteiger partial charge in [0.15, 0.2) is 5.75 Å². The van der Waals surface area contributed by atoms with E-state index in [1.165, 1.54) is 19.2 Å². The Labute approximate surface area is 127 Å². The summed E-state index contributed by atoms with van der Waals surface area (Å²) in [6.07, 6.45) is 0. The van der Waals surface area contributed by atoms with Crippen LogP contribution in [0.1, 0.15) is 21.5 Å². The number of esters is 1. The number of aryl methyl sites for hydroxylation is 2. The molecule has 2 rings (SSSR count). The van der Waals surface area contributed by atoms with Crippen molar-refractivity contribution in [2.24, 2.45) is 0 Å². The third kappa shape index (κ3) is 3.06. The fourth-order valence-electron chi connectivity index (χ4n) is 2.07. The number of hydrogen-bond acceptors (Lipinski definition) is 5. The first-order chi connectivity index (χ1) is 10.4. The largest absolute Gasteiger partial charge is 0.490 e. The number of nitro groups is 1. The van der Waals surface area contributed by atoms with Crippen LogP contribution in [-0.4, -0.2) is 18.0 Å². The lowest BCUT2D eigenvalue weighted by atomic mass is 10.1. The van der Waals surface area contributed by atoms with E-state index < -0.39 is 10.9 Å². The molecule has 2 aromatic carbocycles. The molecule has 0 aliphatic carbocycles. The van der Waals surface area contributed by atoms with Crippen molar-refractivity contribution >= 4 is 11.7 Å². The predicted octanol–water partition coefficient (Wildman–Crippen LogP) is 3.44. The molecule has 0 atom stereocenters. The second-order valence-electron chi connectivity index (χ2n) is 4.75. The molecule has 0 bridgehead atoms. The molecule has 0 radical (unpaired) electrons. The zero-order valence-corrected chi connectivity index (χ0v) is 12.5. The van der Waals surface area contributed by atoms with Gasteiger partial charge < -0.3 is 9.47 Å². The van der Waals surface area contributed by atoms with Crippen LogP contribution in [0.4, 0.5) is 5.69 Å². The molecule has 0 aliphatic heterocycles. The van der Waals surface area contributed by atoms with E-state index in [4.69, 9.17) is 9.47 Å². The van der Waals surface area contributed by atoms with Crippen molar-refractivity contribution in [2.75, 3.05) is 7.11 Å². The van der Waals surface area contributed by atoms with Gasteiger partial charge in [0.1, 0.15) is 5.75 Å². The Kier molecular flexibility index (Phi) is 4.41. The number of hydrogen-bond donors (Lipinski definition) is 0. The summed E-state index contributed by atoms with van der Waals surface area (Å²) >= 11 is 0. The molecule has 0 heterocycles. The maximum atomic E-state index is 12.2. The molecule has 114 valence electrons. The van der Waals surface area contributed by atoms with Gasteiger partial charge in [-0.15, -0.1) is 0 Å². The van der Waals surface area contributed by atoms with Crippen LogP contribution in [-0.2, 0) is 0 Å². The summed E-state index contributed by atoms with van der Waals surface area (Å²) in [7, 11) is 1.33. The first kappa shape index (κ1) is 15.5. The third-order valence-corrected chi connectivity index (χ3v) is 3.21. The van der Waals surface area contributed by atoms with Gasteiger partial charge in [0.05, 0.1) is 17.6 Å². The monoisotopic (exact) mass is 301 g/mol. The second kappa shape index (κ2) is 6.26. The average molecular weight is 301 g/mol. The molecular weight excluding hydrogens is 286 g/mol. The summed E-state index contributed by atoms with van der Waals surface area (Å²) in [5.41, 5.74) is 1.45. The first-order valence-corrected chi connectivity index (χ1v) is 6.55. The molecule has 0 N–H and O–H groups in total. The van der Waals surface area contributed by atoms with Crippen molar-refractivity contribution in [3.05, 3.63) is 63.2 Å². The molecule has 0 fully saturated rings. The number of benzene rings is 2. The average Bonchev–Trinajstić information content (AvgIpc) is 2.50. The zero-order chi connectivity index (χ0) is 16.3. The molecule has 22 heavy (non-hydrogen) atoms. The number of methoxy groups -OCH3 is 1. The predicted molar refractivity (Wildman–Crippen MR) is 80.5 cm³/mol. The number of ether oxygens (including phenoxy) is 2. The number of nitrogens with zero attached hydrogens (tertiary/aromatic N) is 1. The molecule has 0 saturated carbocycles. The van der Waals surface area contributed by atoms with Gasteiger partial charge >= 0.3 is 11.7 Å². The van der Waals surface area contributed by atoms with E-state index in [-0.39, 0.29) is 17.0 Å². The summed E-state index contributed by atoms with van der Waals surface area (Å²) < 4.78 is 10.3. The van der Waals surface area contributed by atoms with Crippen LogP contribution in [0.5, 0.6) is 11.5 Å². The summed E-state index contributed by atoms with van der Waals surface area (Å²) in [5.74, 6) is -0.0947. The van der Waals surface area contributed by atoms with Crippen LogP contribution in [0.2, 0.25) is 0 Å². The number of carbonyl (C=O) groups is 1. The standard InChI is InChI=1S/C16H15NO5/c1-10-5-4-6-11(2)15(10)22-16(18)12-7-8-14(21-3)13(9-12)17(19)20/h4-9H,1-3H3. The Hall–Kier alpha value is -2.89. The SMILES string of the molecule is COc1ccc(C(=O)Oc2c(C)cccc2C)cc1[N+](=O)[O-]. The lowest BCUT2D eigenvalue weighted by molar-refractivity contribution is -0.385. The minimum atomic E-state index is -0.650. The summed E-state index contributed by atoms with van der Waals surface area (Å²) in [6, 6.07) is 9.47. The van der Waals surface area contributed by atoms with Crippen LogP contribution in [0.15, 0.2) is 36.4 Å². The normalized spacial score (nSPS) is 10.1. The Morgan fingerprint density at radius 3 is 2.32 bits per heavy atom. The van der Waals surface area contributed by atoms with Crippen LogP contribution >= 0.6 is 0 Å². The number of rotatable bonds is 4. The topological polar surface area (TPSA) is 78.7 Å². The lowest BCUT2D eigenvalue weighted by Crippen LogP contribution is -2.11. The van der Waals surface area contributed by atoms with Gasteiger partial charge in [-0.1, -0.05) is 18.2 Å². The maximum absolute atomic E-state index is 12.2. The van der Waals surface area contributed by atoms with Crippen molar-refractivity contribution in [1.29, 1.82) is 0 Å². The van der Waals surface area contributed by atoms with E-state index in [2.05, 4.69) is 0 Å². The van der Waals surface area contributed by atoms with Crippen molar-refractivity contribution in [2.45, 2.75) is 13.8 Å². The van der Waals surface area contributed by atoms with E-state index >= 15 is 0 Å². The zero-order valence-electron chi connectivity index (χ0n) is 12.5. The van der Waals surface area contributed by atoms with E-state index in [1.807, 2.05) is 32.0 Å². The van der Waals surface area contributed by atoms with E-state index in [0.29, 0.717) is 5.75 Å². The van der Waals surface area contributed by atoms with E-state index in [0.717, 1.165) is 17.2 Å². The van der Waals surface area contributed by atoms with Crippen molar-refractivity contribution in [1.82, 2.24) is 0 Å². The van der Waals surface area contributed by atoms with Crippen molar-refractivity contribution in [3.63, 3.8) is 0 Å². The van der Waals surface area contributed by atoms with Gasteiger partial charge in [-0.2, -0.15) is 0 Å². The first-order valence-electron chi connectivity index (χ1n) is 6.55. The van der Waals surface area contributed by atoms with Gasteiger partial charge in [0.2, 0.25) is 0 Å². The Morgan fingerprint density at radius 1 is 1.14 bits per heavy atom. The minimum absolute atomic E-state index is 0.0913. The van der Waals surface area contributed by atoms with Crippen LogP contribution in [0.25, 0.3) is 0 Å². The molecular formula is C16H15NO5. The van der Waals surface area contributed by atoms with Gasteiger partial charge in [-0.3, -0.25) is 10.1 Å². The van der Waals surface area contributed by atoms with Gasteiger partial charge in [-0.25, -0.2) is 4.79 Å². The molecule has 0 spiro atoms. The molecule has 0 aliphatic rings. The summed E-state index contributed by atoms with van der Waals surface area (Å²) in [6.45, 7) is 3.65. The second-order valence-corrected chi connectivity index (χ2v) is 4.75. The highest BCUT2D eigenvalue weighted by Crippen LogP contribution is 2.29.